The van der Waals surface area contributed by atoms with Crippen molar-refractivity contribution in [2.45, 2.75) is 33.1 Å². The maximum absolute atomic E-state index is 13.0. The number of para-hydroxylation sites is 1. The lowest BCUT2D eigenvalue weighted by Gasteiger charge is -2.22. The summed E-state index contributed by atoms with van der Waals surface area (Å²) >= 11 is -1.00. The largest absolute Gasteiger partial charge is 0.298 e. The molecule has 0 aliphatic carbocycles. The van der Waals surface area contributed by atoms with Crippen LogP contribution in [0, 0.1) is 6.92 Å². The van der Waals surface area contributed by atoms with Crippen LogP contribution in [-0.2, 0) is 16.7 Å². The van der Waals surface area contributed by atoms with Crippen LogP contribution in [0.2, 0.25) is 0 Å². The van der Waals surface area contributed by atoms with Crippen LogP contribution in [0.5, 0.6) is 0 Å². The molecule has 6 nitrogen and oxygen atoms in total. The molecule has 0 saturated heterocycles. The predicted octanol–water partition coefficient (Wildman–Crippen LogP) is 5.28. The second-order valence-electron chi connectivity index (χ2n) is 7.62. The summed E-state index contributed by atoms with van der Waals surface area (Å²) in [6.45, 7) is 8.10. The lowest BCUT2D eigenvalue weighted by Crippen LogP contribution is -2.23. The van der Waals surface area contributed by atoms with Crippen LogP contribution in [0.1, 0.15) is 42.4 Å². The highest BCUT2D eigenvalue weighted by Crippen LogP contribution is 2.31. The zero-order valence-corrected chi connectivity index (χ0v) is 18.3. The van der Waals surface area contributed by atoms with Crippen LogP contribution in [0.15, 0.2) is 53.9 Å². The Bertz CT molecular complexity index is 1040. The number of carbonyl (C=O) groups is 1. The van der Waals surface area contributed by atoms with Crippen LogP contribution >= 0.6 is 11.3 Å². The van der Waals surface area contributed by atoms with Crippen molar-refractivity contribution in [3.05, 3.63) is 70.7 Å². The molecule has 8 heteroatoms. The Hall–Kier alpha value is -2.55. The summed E-state index contributed by atoms with van der Waals surface area (Å²) in [5.74, 6) is -0.391. The van der Waals surface area contributed by atoms with Crippen molar-refractivity contribution in [1.29, 1.82) is 0 Å². The summed E-state index contributed by atoms with van der Waals surface area (Å²) < 4.78 is 23.3. The summed E-state index contributed by atoms with van der Waals surface area (Å²) in [6, 6.07) is 13.9. The van der Waals surface area contributed by atoms with Gasteiger partial charge in [-0.15, -0.1) is 11.3 Å². The van der Waals surface area contributed by atoms with E-state index in [9.17, 15) is 13.6 Å². The van der Waals surface area contributed by atoms with Gasteiger partial charge in [-0.05, 0) is 31.2 Å². The van der Waals surface area contributed by atoms with E-state index in [4.69, 9.17) is 0 Å². The number of nitrogens with one attached hydrogen (secondary N) is 1. The first kappa shape index (κ1) is 21.2. The molecule has 1 heterocycles. The van der Waals surface area contributed by atoms with Gasteiger partial charge in [-0.2, -0.15) is 0 Å². The van der Waals surface area contributed by atoms with Crippen LogP contribution in [-0.4, -0.2) is 19.7 Å². The van der Waals surface area contributed by atoms with E-state index in [1.807, 2.05) is 24.4 Å². The quantitative estimate of drug-likeness (QED) is 0.541. The lowest BCUT2D eigenvalue weighted by atomic mass is 9.93. The number of aromatic nitrogens is 1. The average Bonchev–Trinajstić information content (AvgIpc) is 3.12. The number of nitrogens with zero attached hydrogens (tertiary/aromatic N) is 2. The van der Waals surface area contributed by atoms with Crippen molar-refractivity contribution >= 4 is 45.0 Å². The Morgan fingerprint density at radius 2 is 1.79 bits per heavy atom. The van der Waals surface area contributed by atoms with Gasteiger partial charge in [0.25, 0.3) is 17.2 Å². The number of aryl methyl sites for hydroxylation is 1. The molecule has 29 heavy (non-hydrogen) atoms. The number of rotatable bonds is 5. The fourth-order valence-corrected chi connectivity index (χ4v) is 4.24. The third kappa shape index (κ3) is 4.90. The van der Waals surface area contributed by atoms with E-state index < -0.39 is 17.2 Å². The second kappa shape index (κ2) is 8.44. The molecule has 0 spiro atoms. The highest BCUT2D eigenvalue weighted by molar-refractivity contribution is 7.81. The molecule has 0 aliphatic heterocycles. The standard InChI is InChI=1S/C21H23N3O3S2/c1-14-9-11-15(12-10-14)24(29(26)27)17-8-6-5-7-16(17)19(25)23-20-22-18(13-28-20)21(2,3)4/h5-13H,1-4H3,(H,26,27)(H,22,23,25). The highest BCUT2D eigenvalue weighted by atomic mass is 32.2. The number of amides is 1. The molecule has 0 bridgehead atoms. The molecule has 1 atom stereocenters. The zero-order chi connectivity index (χ0) is 21.2. The Morgan fingerprint density at radius 3 is 2.38 bits per heavy atom. The molecule has 0 saturated carbocycles. The number of thiazole rings is 1. The zero-order valence-electron chi connectivity index (χ0n) is 16.7. The first-order valence-corrected chi connectivity index (χ1v) is 11.0. The molecule has 1 unspecified atom stereocenters. The lowest BCUT2D eigenvalue weighted by molar-refractivity contribution is 0.102. The van der Waals surface area contributed by atoms with Gasteiger partial charge >= 0.3 is 0 Å². The smallest absolute Gasteiger partial charge is 0.266 e. The van der Waals surface area contributed by atoms with E-state index in [0.717, 1.165) is 11.3 Å². The maximum atomic E-state index is 13.0. The van der Waals surface area contributed by atoms with Gasteiger partial charge in [0, 0.05) is 10.8 Å². The Labute approximate surface area is 177 Å². The fraction of sp³-hybridized carbons (Fsp3) is 0.238. The Morgan fingerprint density at radius 1 is 1.14 bits per heavy atom. The van der Waals surface area contributed by atoms with Gasteiger partial charge in [0.05, 0.1) is 22.6 Å². The van der Waals surface area contributed by atoms with E-state index in [-0.39, 0.29) is 11.0 Å². The molecule has 0 fully saturated rings. The normalized spacial score (nSPS) is 12.4. The number of hydrogen-bond donors (Lipinski definition) is 2. The molecule has 1 amide bonds. The van der Waals surface area contributed by atoms with E-state index >= 15 is 0 Å². The minimum atomic E-state index is -2.35. The average molecular weight is 430 g/mol. The Balaban J connectivity index is 1.95. The molecular formula is C21H23N3O3S2. The minimum absolute atomic E-state index is 0.118. The van der Waals surface area contributed by atoms with Crippen molar-refractivity contribution < 1.29 is 13.6 Å². The molecule has 0 aliphatic rings. The molecule has 1 aromatic heterocycles. The molecular weight excluding hydrogens is 406 g/mol. The van der Waals surface area contributed by atoms with Gasteiger partial charge in [-0.25, -0.2) is 13.5 Å². The van der Waals surface area contributed by atoms with Crippen molar-refractivity contribution in [2.75, 3.05) is 9.62 Å². The van der Waals surface area contributed by atoms with E-state index in [1.54, 1.807) is 36.4 Å². The monoisotopic (exact) mass is 429 g/mol. The van der Waals surface area contributed by atoms with Gasteiger partial charge in [0.2, 0.25) is 0 Å². The molecule has 2 aromatic carbocycles. The van der Waals surface area contributed by atoms with Gasteiger partial charge in [0.15, 0.2) is 5.13 Å². The summed E-state index contributed by atoms with van der Waals surface area (Å²) in [7, 11) is 0. The fourth-order valence-electron chi connectivity index (χ4n) is 2.68. The molecule has 3 rings (SSSR count). The van der Waals surface area contributed by atoms with Gasteiger partial charge in [-0.3, -0.25) is 14.7 Å². The number of benzene rings is 2. The van der Waals surface area contributed by atoms with Crippen molar-refractivity contribution in [2.24, 2.45) is 0 Å². The van der Waals surface area contributed by atoms with Crippen LogP contribution in [0.4, 0.5) is 16.5 Å². The molecule has 2 N–H and O–H groups in total. The van der Waals surface area contributed by atoms with Crippen LogP contribution < -0.4 is 9.62 Å². The molecule has 0 radical (unpaired) electrons. The van der Waals surface area contributed by atoms with Gasteiger partial charge in [0.1, 0.15) is 0 Å². The Kier molecular flexibility index (Phi) is 6.16. The van der Waals surface area contributed by atoms with Crippen molar-refractivity contribution in [1.82, 2.24) is 4.98 Å². The van der Waals surface area contributed by atoms with E-state index in [1.165, 1.54) is 15.6 Å². The first-order chi connectivity index (χ1) is 13.7. The summed E-state index contributed by atoms with van der Waals surface area (Å²) in [4.78, 5) is 17.4. The summed E-state index contributed by atoms with van der Waals surface area (Å²) in [6.07, 6.45) is 0. The number of anilines is 3. The second-order valence-corrected chi connectivity index (χ2v) is 9.30. The summed E-state index contributed by atoms with van der Waals surface area (Å²) in [5, 5.41) is 5.21. The SMILES string of the molecule is Cc1ccc(N(c2ccccc2C(=O)Nc2nc(C(C)(C)C)cs2)S(=O)O)cc1. The topological polar surface area (TPSA) is 82.5 Å². The van der Waals surface area contributed by atoms with Gasteiger partial charge in [-0.1, -0.05) is 50.6 Å². The molecule has 3 aromatic rings. The third-order valence-electron chi connectivity index (χ3n) is 4.29. The number of hydrogen-bond acceptors (Lipinski definition) is 4. The number of carbonyl (C=O) groups excluding carboxylic acids is 1. The van der Waals surface area contributed by atoms with E-state index in [0.29, 0.717) is 16.5 Å². The van der Waals surface area contributed by atoms with Crippen molar-refractivity contribution in [3.63, 3.8) is 0 Å². The van der Waals surface area contributed by atoms with Gasteiger partial charge < -0.3 is 0 Å². The molecule has 152 valence electrons. The highest BCUT2D eigenvalue weighted by Gasteiger charge is 2.23. The minimum Gasteiger partial charge on any atom is -0.298 e. The first-order valence-electron chi connectivity index (χ1n) is 9.01. The predicted molar refractivity (Wildman–Crippen MR) is 119 cm³/mol. The van der Waals surface area contributed by atoms with Crippen LogP contribution in [0.25, 0.3) is 0 Å². The van der Waals surface area contributed by atoms with Crippen LogP contribution in [0.3, 0.4) is 0 Å². The van der Waals surface area contributed by atoms with E-state index in [2.05, 4.69) is 31.1 Å². The summed E-state index contributed by atoms with van der Waals surface area (Å²) in [5.41, 5.74) is 2.94. The van der Waals surface area contributed by atoms with Crippen molar-refractivity contribution in [3.8, 4) is 0 Å². The maximum Gasteiger partial charge on any atom is 0.266 e. The third-order valence-corrected chi connectivity index (χ3v) is 5.76.